The summed E-state index contributed by atoms with van der Waals surface area (Å²) in [6.07, 6.45) is 1.97. The molecule has 0 aliphatic carbocycles. The second kappa shape index (κ2) is 7.58. The Morgan fingerprint density at radius 1 is 1.36 bits per heavy atom. The third kappa shape index (κ3) is 3.58. The molecular formula is C15H22ClN5O. The number of para-hydroxylation sites is 1. The molecule has 0 bridgehead atoms. The van der Waals surface area contributed by atoms with Crippen molar-refractivity contribution >= 4 is 12.4 Å². The van der Waals surface area contributed by atoms with Crippen molar-refractivity contribution in [1.29, 1.82) is 0 Å². The Morgan fingerprint density at radius 2 is 2.18 bits per heavy atom. The van der Waals surface area contributed by atoms with Crippen molar-refractivity contribution in [1.82, 2.24) is 25.2 Å². The molecule has 0 spiro atoms. The van der Waals surface area contributed by atoms with E-state index < -0.39 is 0 Å². The minimum absolute atomic E-state index is 0. The van der Waals surface area contributed by atoms with Gasteiger partial charge in [-0.3, -0.25) is 9.58 Å². The number of rotatable bonds is 4. The molecule has 3 rings (SSSR count). The molecule has 1 aromatic heterocycles. The molecule has 1 unspecified atom stereocenters. The minimum Gasteiger partial charge on any atom is -0.496 e. The molecule has 1 N–H and O–H groups in total. The van der Waals surface area contributed by atoms with Crippen LogP contribution in [0.2, 0.25) is 0 Å². The highest BCUT2D eigenvalue weighted by molar-refractivity contribution is 5.85. The Kier molecular flexibility index (Phi) is 5.76. The van der Waals surface area contributed by atoms with Gasteiger partial charge in [0.1, 0.15) is 5.75 Å². The van der Waals surface area contributed by atoms with Crippen molar-refractivity contribution in [2.75, 3.05) is 26.7 Å². The van der Waals surface area contributed by atoms with E-state index in [1.807, 2.05) is 25.4 Å². The SMILES string of the molecule is COc1ccccc1C1CNCCN1Cc1cn(C)nn1.Cl. The van der Waals surface area contributed by atoms with Crippen LogP contribution in [0.15, 0.2) is 30.5 Å². The van der Waals surface area contributed by atoms with Gasteiger partial charge < -0.3 is 10.1 Å². The summed E-state index contributed by atoms with van der Waals surface area (Å²) in [5, 5.41) is 11.7. The quantitative estimate of drug-likeness (QED) is 0.921. The average Bonchev–Trinajstić information content (AvgIpc) is 2.93. The molecule has 0 radical (unpaired) electrons. The number of nitrogens with zero attached hydrogens (tertiary/aromatic N) is 4. The highest BCUT2D eigenvalue weighted by atomic mass is 35.5. The van der Waals surface area contributed by atoms with Gasteiger partial charge in [0.25, 0.3) is 0 Å². The second-order valence-corrected chi connectivity index (χ2v) is 5.32. The third-order valence-electron chi connectivity index (χ3n) is 3.87. The predicted molar refractivity (Wildman–Crippen MR) is 87.3 cm³/mol. The van der Waals surface area contributed by atoms with E-state index in [0.717, 1.165) is 37.6 Å². The van der Waals surface area contributed by atoms with Gasteiger partial charge in [-0.05, 0) is 6.07 Å². The molecule has 2 aromatic rings. The molecule has 0 saturated carbocycles. The molecule has 7 heteroatoms. The molecule has 22 heavy (non-hydrogen) atoms. The summed E-state index contributed by atoms with van der Waals surface area (Å²) in [5.41, 5.74) is 2.22. The Labute approximate surface area is 136 Å². The summed E-state index contributed by atoms with van der Waals surface area (Å²) in [6, 6.07) is 8.51. The monoisotopic (exact) mass is 323 g/mol. The van der Waals surface area contributed by atoms with Crippen molar-refractivity contribution in [3.8, 4) is 5.75 Å². The number of aryl methyl sites for hydroxylation is 1. The molecular weight excluding hydrogens is 302 g/mol. The zero-order valence-corrected chi connectivity index (χ0v) is 13.7. The Hall–Kier alpha value is -1.63. The van der Waals surface area contributed by atoms with Gasteiger partial charge in [-0.2, -0.15) is 0 Å². The first-order valence-corrected chi connectivity index (χ1v) is 7.21. The fourth-order valence-electron chi connectivity index (χ4n) is 2.86. The summed E-state index contributed by atoms with van der Waals surface area (Å²) in [6.45, 7) is 3.70. The van der Waals surface area contributed by atoms with E-state index >= 15 is 0 Å². The molecule has 6 nitrogen and oxygen atoms in total. The lowest BCUT2D eigenvalue weighted by Gasteiger charge is -2.36. The Bertz CT molecular complexity index is 603. The molecule has 0 amide bonds. The van der Waals surface area contributed by atoms with Gasteiger partial charge in [0.05, 0.1) is 18.8 Å². The number of aromatic nitrogens is 3. The molecule has 1 saturated heterocycles. The molecule has 2 heterocycles. The van der Waals surface area contributed by atoms with Crippen LogP contribution in [0.4, 0.5) is 0 Å². The Balaban J connectivity index is 0.00000176. The van der Waals surface area contributed by atoms with Crippen LogP contribution in [-0.4, -0.2) is 46.6 Å². The van der Waals surface area contributed by atoms with Crippen molar-refractivity contribution in [2.45, 2.75) is 12.6 Å². The molecule has 1 aliphatic rings. The normalized spacial score (nSPS) is 18.7. The van der Waals surface area contributed by atoms with Gasteiger partial charge in [-0.25, -0.2) is 0 Å². The molecule has 1 aromatic carbocycles. The largest absolute Gasteiger partial charge is 0.496 e. The lowest BCUT2D eigenvalue weighted by Crippen LogP contribution is -2.45. The summed E-state index contributed by atoms with van der Waals surface area (Å²) in [7, 11) is 3.62. The number of nitrogens with one attached hydrogen (secondary N) is 1. The maximum Gasteiger partial charge on any atom is 0.123 e. The van der Waals surface area contributed by atoms with Gasteiger partial charge in [-0.1, -0.05) is 23.4 Å². The van der Waals surface area contributed by atoms with Crippen LogP contribution in [0.5, 0.6) is 5.75 Å². The minimum atomic E-state index is 0. The topological polar surface area (TPSA) is 55.2 Å². The number of ether oxygens (including phenoxy) is 1. The highest BCUT2D eigenvalue weighted by Gasteiger charge is 2.26. The molecule has 1 aliphatic heterocycles. The number of halogens is 1. The number of benzene rings is 1. The van der Waals surface area contributed by atoms with Crippen molar-refractivity contribution in [2.24, 2.45) is 7.05 Å². The zero-order chi connectivity index (χ0) is 14.7. The lowest BCUT2D eigenvalue weighted by molar-refractivity contribution is 0.149. The summed E-state index contributed by atoms with van der Waals surface area (Å²) < 4.78 is 7.26. The van der Waals surface area contributed by atoms with Crippen LogP contribution >= 0.6 is 12.4 Å². The van der Waals surface area contributed by atoms with Gasteiger partial charge >= 0.3 is 0 Å². The van der Waals surface area contributed by atoms with E-state index in [4.69, 9.17) is 4.74 Å². The molecule has 1 atom stereocenters. The number of hydrogen-bond donors (Lipinski definition) is 1. The first-order valence-electron chi connectivity index (χ1n) is 7.21. The van der Waals surface area contributed by atoms with E-state index in [9.17, 15) is 0 Å². The van der Waals surface area contributed by atoms with Crippen LogP contribution in [0, 0.1) is 0 Å². The second-order valence-electron chi connectivity index (χ2n) is 5.32. The first-order chi connectivity index (χ1) is 10.3. The summed E-state index contributed by atoms with van der Waals surface area (Å²) in [4.78, 5) is 2.43. The fourth-order valence-corrected chi connectivity index (χ4v) is 2.86. The van der Waals surface area contributed by atoms with Gasteiger partial charge in [-0.15, -0.1) is 17.5 Å². The lowest BCUT2D eigenvalue weighted by atomic mass is 10.0. The highest BCUT2D eigenvalue weighted by Crippen LogP contribution is 2.30. The van der Waals surface area contributed by atoms with E-state index in [1.165, 1.54) is 5.56 Å². The standard InChI is InChI=1S/C15H21N5O.ClH/c1-19-10-12(17-18-19)11-20-8-7-16-9-14(20)13-5-3-4-6-15(13)21-2;/h3-6,10,14,16H,7-9,11H2,1-2H3;1H. The van der Waals surface area contributed by atoms with Gasteiger partial charge in [0.15, 0.2) is 0 Å². The molecule has 1 fully saturated rings. The molecule has 120 valence electrons. The third-order valence-corrected chi connectivity index (χ3v) is 3.87. The van der Waals surface area contributed by atoms with Crippen LogP contribution in [-0.2, 0) is 13.6 Å². The van der Waals surface area contributed by atoms with E-state index in [0.29, 0.717) is 0 Å². The van der Waals surface area contributed by atoms with Crippen LogP contribution in [0.1, 0.15) is 17.3 Å². The van der Waals surface area contributed by atoms with E-state index in [2.05, 4.69) is 32.7 Å². The van der Waals surface area contributed by atoms with Crippen molar-refractivity contribution in [3.05, 3.63) is 41.7 Å². The van der Waals surface area contributed by atoms with Crippen LogP contribution in [0.25, 0.3) is 0 Å². The predicted octanol–water partition coefficient (Wildman–Crippen LogP) is 1.39. The fraction of sp³-hybridized carbons (Fsp3) is 0.467. The summed E-state index contributed by atoms with van der Waals surface area (Å²) >= 11 is 0. The smallest absolute Gasteiger partial charge is 0.123 e. The number of piperazine rings is 1. The van der Waals surface area contributed by atoms with Crippen LogP contribution in [0.3, 0.4) is 0 Å². The number of hydrogen-bond acceptors (Lipinski definition) is 5. The van der Waals surface area contributed by atoms with Gasteiger partial charge in [0.2, 0.25) is 0 Å². The zero-order valence-electron chi connectivity index (χ0n) is 12.9. The van der Waals surface area contributed by atoms with E-state index in [1.54, 1.807) is 11.8 Å². The van der Waals surface area contributed by atoms with E-state index in [-0.39, 0.29) is 18.4 Å². The number of methoxy groups -OCH3 is 1. The van der Waals surface area contributed by atoms with Gasteiger partial charge in [0, 0.05) is 45.0 Å². The van der Waals surface area contributed by atoms with Crippen molar-refractivity contribution in [3.63, 3.8) is 0 Å². The maximum absolute atomic E-state index is 5.51. The Morgan fingerprint density at radius 3 is 2.91 bits per heavy atom. The average molecular weight is 324 g/mol. The first kappa shape index (κ1) is 16.7. The van der Waals surface area contributed by atoms with Crippen molar-refractivity contribution < 1.29 is 4.74 Å². The van der Waals surface area contributed by atoms with Crippen LogP contribution < -0.4 is 10.1 Å². The maximum atomic E-state index is 5.51. The summed E-state index contributed by atoms with van der Waals surface area (Å²) in [5.74, 6) is 0.940.